The van der Waals surface area contributed by atoms with Gasteiger partial charge < -0.3 is 16.4 Å². The van der Waals surface area contributed by atoms with Gasteiger partial charge in [-0.1, -0.05) is 0 Å². The molecular formula is C12H16FN3O2. The number of amides is 2. The Hall–Kier alpha value is -1.95. The summed E-state index contributed by atoms with van der Waals surface area (Å²) in [6.07, 6.45) is 0.624. The van der Waals surface area contributed by atoms with Gasteiger partial charge in [0.2, 0.25) is 5.91 Å². The van der Waals surface area contributed by atoms with Crippen LogP contribution in [-0.2, 0) is 4.79 Å². The van der Waals surface area contributed by atoms with E-state index in [0.29, 0.717) is 25.2 Å². The Bertz CT molecular complexity index is 449. The molecule has 0 aliphatic carbocycles. The van der Waals surface area contributed by atoms with E-state index >= 15 is 0 Å². The molecule has 0 bridgehead atoms. The van der Waals surface area contributed by atoms with Crippen molar-refractivity contribution in [1.29, 1.82) is 0 Å². The summed E-state index contributed by atoms with van der Waals surface area (Å²) in [7, 11) is 0. The lowest BCUT2D eigenvalue weighted by atomic mass is 10.1. The number of nitrogens with two attached hydrogens (primary N) is 1. The smallest absolute Gasteiger partial charge is 0.254 e. The lowest BCUT2D eigenvalue weighted by Crippen LogP contribution is -2.27. The summed E-state index contributed by atoms with van der Waals surface area (Å²) in [6, 6.07) is 3.84. The Morgan fingerprint density at radius 2 is 2.11 bits per heavy atom. The van der Waals surface area contributed by atoms with E-state index in [4.69, 9.17) is 5.73 Å². The number of hydrogen-bond acceptors (Lipinski definition) is 3. The maximum Gasteiger partial charge on any atom is 0.254 e. The topological polar surface area (TPSA) is 84.2 Å². The van der Waals surface area contributed by atoms with Crippen LogP contribution in [0.2, 0.25) is 0 Å². The van der Waals surface area contributed by atoms with Crippen molar-refractivity contribution in [2.75, 3.05) is 18.4 Å². The van der Waals surface area contributed by atoms with Gasteiger partial charge in [-0.15, -0.1) is 0 Å². The van der Waals surface area contributed by atoms with Crippen LogP contribution in [0.15, 0.2) is 18.2 Å². The van der Waals surface area contributed by atoms with Crippen LogP contribution in [-0.4, -0.2) is 24.9 Å². The Morgan fingerprint density at radius 3 is 2.72 bits per heavy atom. The van der Waals surface area contributed by atoms with Crippen LogP contribution in [0.3, 0.4) is 0 Å². The molecule has 0 atom stereocenters. The maximum atomic E-state index is 13.5. The van der Waals surface area contributed by atoms with Crippen LogP contribution in [0.5, 0.6) is 0 Å². The van der Waals surface area contributed by atoms with Crippen molar-refractivity contribution in [3.8, 4) is 0 Å². The van der Waals surface area contributed by atoms with E-state index < -0.39 is 11.7 Å². The molecule has 0 aliphatic heterocycles. The summed E-state index contributed by atoms with van der Waals surface area (Å²) in [5.41, 5.74) is 5.57. The standard InChI is InChI=1S/C12H16FN3O2/c1-8(17)16-9-3-4-11(13)10(7-9)12(18)15-6-2-5-14/h3-4,7H,2,5-6,14H2,1H3,(H,15,18)(H,16,17). The van der Waals surface area contributed by atoms with Gasteiger partial charge in [-0.25, -0.2) is 4.39 Å². The molecule has 0 heterocycles. The summed E-state index contributed by atoms with van der Waals surface area (Å²) < 4.78 is 13.5. The number of benzene rings is 1. The number of nitrogens with one attached hydrogen (secondary N) is 2. The number of carbonyl (C=O) groups is 2. The van der Waals surface area contributed by atoms with Gasteiger partial charge in [-0.3, -0.25) is 9.59 Å². The number of rotatable bonds is 5. The fourth-order valence-corrected chi connectivity index (χ4v) is 1.38. The van der Waals surface area contributed by atoms with Gasteiger partial charge in [0.25, 0.3) is 5.91 Å². The number of halogens is 1. The molecule has 1 aromatic carbocycles. The quantitative estimate of drug-likeness (QED) is 0.680. The second-order valence-electron chi connectivity index (χ2n) is 3.77. The summed E-state index contributed by atoms with van der Waals surface area (Å²) in [5.74, 6) is -1.43. The van der Waals surface area contributed by atoms with Gasteiger partial charge >= 0.3 is 0 Å². The highest BCUT2D eigenvalue weighted by atomic mass is 19.1. The summed E-state index contributed by atoms with van der Waals surface area (Å²) in [5, 5.41) is 5.04. The highest BCUT2D eigenvalue weighted by Gasteiger charge is 2.12. The fraction of sp³-hybridized carbons (Fsp3) is 0.333. The minimum Gasteiger partial charge on any atom is -0.352 e. The molecule has 0 saturated heterocycles. The second-order valence-corrected chi connectivity index (χ2v) is 3.77. The number of carbonyl (C=O) groups excluding carboxylic acids is 2. The third-order valence-electron chi connectivity index (χ3n) is 2.20. The van der Waals surface area contributed by atoms with Crippen LogP contribution in [0.4, 0.5) is 10.1 Å². The van der Waals surface area contributed by atoms with Gasteiger partial charge in [0.05, 0.1) is 5.56 Å². The highest BCUT2D eigenvalue weighted by molar-refractivity contribution is 5.97. The third-order valence-corrected chi connectivity index (χ3v) is 2.20. The SMILES string of the molecule is CC(=O)Nc1ccc(F)c(C(=O)NCCCN)c1. The molecule has 0 radical (unpaired) electrons. The Kier molecular flexibility index (Phi) is 5.26. The lowest BCUT2D eigenvalue weighted by Gasteiger charge is -2.08. The predicted octanol–water partition coefficient (Wildman–Crippen LogP) is 0.863. The molecule has 0 aromatic heterocycles. The number of anilines is 1. The van der Waals surface area contributed by atoms with E-state index in [-0.39, 0.29) is 11.5 Å². The van der Waals surface area contributed by atoms with Crippen LogP contribution < -0.4 is 16.4 Å². The average molecular weight is 253 g/mol. The molecule has 5 nitrogen and oxygen atoms in total. The third kappa shape index (κ3) is 4.14. The molecule has 0 spiro atoms. The van der Waals surface area contributed by atoms with Crippen molar-refractivity contribution in [3.63, 3.8) is 0 Å². The Labute approximate surface area is 105 Å². The first-order chi connectivity index (χ1) is 8.54. The predicted molar refractivity (Wildman–Crippen MR) is 66.7 cm³/mol. The van der Waals surface area contributed by atoms with Crippen LogP contribution in [0.25, 0.3) is 0 Å². The van der Waals surface area contributed by atoms with E-state index in [1.54, 1.807) is 0 Å². The van der Waals surface area contributed by atoms with Crippen LogP contribution in [0, 0.1) is 5.82 Å². The molecule has 0 saturated carbocycles. The molecule has 0 aliphatic rings. The molecule has 0 unspecified atom stereocenters. The van der Waals surface area contributed by atoms with Crippen molar-refractivity contribution in [2.24, 2.45) is 5.73 Å². The highest BCUT2D eigenvalue weighted by Crippen LogP contribution is 2.14. The zero-order valence-corrected chi connectivity index (χ0v) is 10.1. The van der Waals surface area contributed by atoms with Gasteiger partial charge in [-0.05, 0) is 31.2 Å². The van der Waals surface area contributed by atoms with Gasteiger partial charge in [0.1, 0.15) is 5.82 Å². The van der Waals surface area contributed by atoms with Crippen LogP contribution >= 0.6 is 0 Å². The summed E-state index contributed by atoms with van der Waals surface area (Å²) >= 11 is 0. The van der Waals surface area contributed by atoms with Crippen molar-refractivity contribution in [3.05, 3.63) is 29.6 Å². The van der Waals surface area contributed by atoms with Gasteiger partial charge in [0, 0.05) is 19.2 Å². The van der Waals surface area contributed by atoms with Crippen molar-refractivity contribution in [1.82, 2.24) is 5.32 Å². The average Bonchev–Trinajstić information content (AvgIpc) is 2.31. The molecular weight excluding hydrogens is 237 g/mol. The molecule has 98 valence electrons. The van der Waals surface area contributed by atoms with E-state index in [2.05, 4.69) is 10.6 Å². The minimum atomic E-state index is -0.630. The van der Waals surface area contributed by atoms with E-state index in [9.17, 15) is 14.0 Å². The normalized spacial score (nSPS) is 9.94. The van der Waals surface area contributed by atoms with E-state index in [0.717, 1.165) is 6.07 Å². The molecule has 1 rings (SSSR count). The molecule has 18 heavy (non-hydrogen) atoms. The minimum absolute atomic E-state index is 0.0988. The first-order valence-corrected chi connectivity index (χ1v) is 5.60. The van der Waals surface area contributed by atoms with E-state index in [1.165, 1.54) is 19.1 Å². The first-order valence-electron chi connectivity index (χ1n) is 5.60. The first kappa shape index (κ1) is 14.1. The fourth-order valence-electron chi connectivity index (χ4n) is 1.38. The molecule has 6 heteroatoms. The van der Waals surface area contributed by atoms with Crippen LogP contribution in [0.1, 0.15) is 23.7 Å². The van der Waals surface area contributed by atoms with Crippen molar-refractivity contribution < 1.29 is 14.0 Å². The lowest BCUT2D eigenvalue weighted by molar-refractivity contribution is -0.114. The molecule has 0 fully saturated rings. The van der Waals surface area contributed by atoms with Gasteiger partial charge in [-0.2, -0.15) is 0 Å². The maximum absolute atomic E-state index is 13.5. The zero-order chi connectivity index (χ0) is 13.5. The molecule has 4 N–H and O–H groups in total. The molecule has 2 amide bonds. The zero-order valence-electron chi connectivity index (χ0n) is 10.1. The number of hydrogen-bond donors (Lipinski definition) is 3. The van der Waals surface area contributed by atoms with Gasteiger partial charge in [0.15, 0.2) is 0 Å². The Morgan fingerprint density at radius 1 is 1.39 bits per heavy atom. The van der Waals surface area contributed by atoms with Crippen molar-refractivity contribution in [2.45, 2.75) is 13.3 Å². The second kappa shape index (κ2) is 6.70. The Balaban J connectivity index is 2.79. The summed E-state index contributed by atoms with van der Waals surface area (Å²) in [4.78, 5) is 22.5. The largest absolute Gasteiger partial charge is 0.352 e. The van der Waals surface area contributed by atoms with Crippen molar-refractivity contribution >= 4 is 17.5 Å². The molecule has 1 aromatic rings. The monoisotopic (exact) mass is 253 g/mol. The van der Waals surface area contributed by atoms with E-state index in [1.807, 2.05) is 0 Å². The summed E-state index contributed by atoms with van der Waals surface area (Å²) in [6.45, 7) is 2.18.